The predicted octanol–water partition coefficient (Wildman–Crippen LogP) is 3.73. The third kappa shape index (κ3) is 3.63. The predicted molar refractivity (Wildman–Crippen MR) is 70.3 cm³/mol. The van der Waals surface area contributed by atoms with E-state index in [1.165, 1.54) is 0 Å². The molecule has 0 aliphatic rings. The monoisotopic (exact) mass is 320 g/mol. The van der Waals surface area contributed by atoms with Crippen LogP contribution < -0.4 is 5.32 Å². The standard InChI is InChI=1S/C10H7BrCl2N2O/c11-6-1-3-7(4-2-6)15-10(16)9(13)8(12)5-14/h1-5,14H,(H,15,16)/b9-8-,14-5?. The summed E-state index contributed by atoms with van der Waals surface area (Å²) in [7, 11) is 0. The molecule has 3 nitrogen and oxygen atoms in total. The lowest BCUT2D eigenvalue weighted by molar-refractivity contribution is -0.112. The van der Waals surface area contributed by atoms with Crippen LogP contribution >= 0.6 is 39.1 Å². The van der Waals surface area contributed by atoms with Crippen LogP contribution in [-0.2, 0) is 4.79 Å². The van der Waals surface area contributed by atoms with Gasteiger partial charge in [0.2, 0.25) is 0 Å². The van der Waals surface area contributed by atoms with Crippen molar-refractivity contribution in [1.29, 1.82) is 5.41 Å². The van der Waals surface area contributed by atoms with Crippen LogP contribution in [0.1, 0.15) is 0 Å². The van der Waals surface area contributed by atoms with Crippen LogP contribution in [0.25, 0.3) is 0 Å². The number of rotatable bonds is 3. The van der Waals surface area contributed by atoms with Gasteiger partial charge in [-0.2, -0.15) is 0 Å². The zero-order chi connectivity index (χ0) is 12.1. The molecule has 0 spiro atoms. The molecule has 0 heterocycles. The number of hydrogen-bond acceptors (Lipinski definition) is 2. The molecule has 0 fully saturated rings. The van der Waals surface area contributed by atoms with Crippen LogP contribution in [0, 0.1) is 5.41 Å². The van der Waals surface area contributed by atoms with Gasteiger partial charge >= 0.3 is 0 Å². The van der Waals surface area contributed by atoms with Crippen LogP contribution in [0.2, 0.25) is 0 Å². The van der Waals surface area contributed by atoms with Crippen LogP contribution in [-0.4, -0.2) is 12.1 Å². The number of allylic oxidation sites excluding steroid dienone is 1. The first-order valence-corrected chi connectivity index (χ1v) is 5.72. The zero-order valence-electron chi connectivity index (χ0n) is 7.93. The summed E-state index contributed by atoms with van der Waals surface area (Å²) >= 11 is 14.5. The van der Waals surface area contributed by atoms with Crippen molar-refractivity contribution in [2.45, 2.75) is 0 Å². The number of anilines is 1. The average Bonchev–Trinajstić information content (AvgIpc) is 2.30. The molecule has 0 aliphatic heterocycles. The van der Waals surface area contributed by atoms with E-state index in [4.69, 9.17) is 28.6 Å². The van der Waals surface area contributed by atoms with E-state index in [9.17, 15) is 4.79 Å². The Morgan fingerprint density at radius 2 is 1.88 bits per heavy atom. The van der Waals surface area contributed by atoms with E-state index in [1.54, 1.807) is 24.3 Å². The second kappa shape index (κ2) is 6.03. The van der Waals surface area contributed by atoms with Crippen molar-refractivity contribution < 1.29 is 4.79 Å². The second-order valence-electron chi connectivity index (χ2n) is 2.77. The smallest absolute Gasteiger partial charge is 0.268 e. The molecule has 0 atom stereocenters. The van der Waals surface area contributed by atoms with Gasteiger partial charge in [-0.1, -0.05) is 39.1 Å². The number of benzene rings is 1. The third-order valence-electron chi connectivity index (χ3n) is 1.64. The number of amides is 1. The quantitative estimate of drug-likeness (QED) is 0.647. The van der Waals surface area contributed by atoms with Crippen LogP contribution in [0.5, 0.6) is 0 Å². The van der Waals surface area contributed by atoms with Gasteiger partial charge in [-0.25, -0.2) is 0 Å². The fraction of sp³-hybridized carbons (Fsp3) is 0. The SMILES string of the molecule is N=C/C(Cl)=C(/Cl)C(=O)Nc1ccc(Br)cc1. The van der Waals surface area contributed by atoms with Gasteiger partial charge < -0.3 is 10.7 Å². The van der Waals surface area contributed by atoms with E-state index < -0.39 is 5.91 Å². The Morgan fingerprint density at radius 1 is 1.31 bits per heavy atom. The Bertz CT molecular complexity index is 443. The lowest BCUT2D eigenvalue weighted by Gasteiger charge is -2.04. The van der Waals surface area contributed by atoms with Gasteiger partial charge in [0.15, 0.2) is 0 Å². The molecular formula is C10H7BrCl2N2O. The summed E-state index contributed by atoms with van der Waals surface area (Å²) in [5.74, 6) is -0.544. The summed E-state index contributed by atoms with van der Waals surface area (Å²) in [6.07, 6.45) is 0.811. The van der Waals surface area contributed by atoms with Crippen molar-refractivity contribution in [3.8, 4) is 0 Å². The third-order valence-corrected chi connectivity index (χ3v) is 2.94. The molecule has 1 amide bonds. The minimum Gasteiger partial charge on any atom is -0.321 e. The molecule has 0 saturated carbocycles. The molecular weight excluding hydrogens is 315 g/mol. The average molecular weight is 322 g/mol. The molecule has 1 aromatic carbocycles. The molecule has 0 unspecified atom stereocenters. The molecule has 0 radical (unpaired) electrons. The van der Waals surface area contributed by atoms with E-state index in [0.29, 0.717) is 5.69 Å². The summed E-state index contributed by atoms with van der Waals surface area (Å²) in [5, 5.41) is 9.09. The molecule has 84 valence electrons. The Labute approximate surface area is 111 Å². The summed E-state index contributed by atoms with van der Waals surface area (Å²) in [5.41, 5.74) is 0.598. The Balaban J connectivity index is 2.79. The lowest BCUT2D eigenvalue weighted by Crippen LogP contribution is -2.12. The number of carbonyl (C=O) groups excluding carboxylic acids is 1. The Morgan fingerprint density at radius 3 is 2.38 bits per heavy atom. The minimum atomic E-state index is -0.544. The number of halogens is 3. The highest BCUT2D eigenvalue weighted by atomic mass is 79.9. The van der Waals surface area contributed by atoms with Crippen LogP contribution in [0.4, 0.5) is 5.69 Å². The van der Waals surface area contributed by atoms with E-state index in [1.807, 2.05) is 0 Å². The molecule has 6 heteroatoms. The maximum absolute atomic E-state index is 11.5. The summed E-state index contributed by atoms with van der Waals surface area (Å²) in [6.45, 7) is 0. The molecule has 1 aromatic rings. The molecule has 2 N–H and O–H groups in total. The summed E-state index contributed by atoms with van der Waals surface area (Å²) < 4.78 is 0.907. The van der Waals surface area contributed by atoms with Crippen molar-refractivity contribution in [2.24, 2.45) is 0 Å². The maximum Gasteiger partial charge on any atom is 0.268 e. The van der Waals surface area contributed by atoms with E-state index in [0.717, 1.165) is 10.7 Å². The van der Waals surface area contributed by atoms with Crippen molar-refractivity contribution in [3.63, 3.8) is 0 Å². The van der Waals surface area contributed by atoms with Gasteiger partial charge in [0, 0.05) is 16.4 Å². The van der Waals surface area contributed by atoms with E-state index >= 15 is 0 Å². The first-order chi connectivity index (χ1) is 7.54. The summed E-state index contributed by atoms with van der Waals surface area (Å²) in [6, 6.07) is 6.99. The maximum atomic E-state index is 11.5. The highest BCUT2D eigenvalue weighted by Gasteiger charge is 2.10. The lowest BCUT2D eigenvalue weighted by atomic mass is 10.3. The van der Waals surface area contributed by atoms with E-state index in [2.05, 4.69) is 21.2 Å². The van der Waals surface area contributed by atoms with Gasteiger partial charge in [0.1, 0.15) is 5.03 Å². The normalized spacial score (nSPS) is 11.7. The first-order valence-electron chi connectivity index (χ1n) is 4.17. The Hall–Kier alpha value is -0.840. The van der Waals surface area contributed by atoms with Crippen LogP contribution in [0.15, 0.2) is 38.8 Å². The van der Waals surface area contributed by atoms with E-state index in [-0.39, 0.29) is 10.1 Å². The van der Waals surface area contributed by atoms with Gasteiger partial charge in [0.05, 0.1) is 5.03 Å². The van der Waals surface area contributed by atoms with Crippen molar-refractivity contribution in [1.82, 2.24) is 0 Å². The topological polar surface area (TPSA) is 53.0 Å². The summed E-state index contributed by atoms with van der Waals surface area (Å²) in [4.78, 5) is 11.5. The molecule has 0 aliphatic carbocycles. The highest BCUT2D eigenvalue weighted by molar-refractivity contribution is 9.10. The van der Waals surface area contributed by atoms with Crippen molar-refractivity contribution >= 4 is 56.9 Å². The van der Waals surface area contributed by atoms with Gasteiger partial charge in [-0.05, 0) is 24.3 Å². The molecule has 16 heavy (non-hydrogen) atoms. The molecule has 1 rings (SSSR count). The fourth-order valence-electron chi connectivity index (χ4n) is 0.891. The molecule has 0 saturated heterocycles. The van der Waals surface area contributed by atoms with Crippen molar-refractivity contribution in [2.75, 3.05) is 5.32 Å². The van der Waals surface area contributed by atoms with Gasteiger partial charge in [-0.3, -0.25) is 4.79 Å². The van der Waals surface area contributed by atoms with Gasteiger partial charge in [0.25, 0.3) is 5.91 Å². The fourth-order valence-corrected chi connectivity index (χ4v) is 1.34. The largest absolute Gasteiger partial charge is 0.321 e. The van der Waals surface area contributed by atoms with Gasteiger partial charge in [-0.15, -0.1) is 0 Å². The van der Waals surface area contributed by atoms with Crippen molar-refractivity contribution in [3.05, 3.63) is 38.8 Å². The highest BCUT2D eigenvalue weighted by Crippen LogP contribution is 2.17. The number of hydrogen-bond donors (Lipinski definition) is 2. The number of nitrogens with one attached hydrogen (secondary N) is 2. The zero-order valence-corrected chi connectivity index (χ0v) is 11.0. The molecule has 0 aromatic heterocycles. The Kier molecular flexibility index (Phi) is 4.99. The minimum absolute atomic E-state index is 0.101. The molecule has 0 bridgehead atoms. The second-order valence-corrected chi connectivity index (χ2v) is 4.47. The first kappa shape index (κ1) is 13.2. The van der Waals surface area contributed by atoms with Crippen LogP contribution in [0.3, 0.4) is 0 Å². The number of carbonyl (C=O) groups is 1.